The molecule has 5 heterocycles. The van der Waals surface area contributed by atoms with Gasteiger partial charge in [0.05, 0.1) is 10.8 Å². The SMILES string of the molecule is CC[N+]1=C(c2ccc([O][Sb]3[O]c4ccccc4[O]3)cc2)c2cc(N)ccc2C2C=CC(N)=CC21.CC[n+]1c(-c2ccc(O)cc2)c2cc(N)ccc2c2ccc(N)cc21.Cl.N.Oc1ccccc1O.[Cl][Sb]([Cl])[Cl].[Cl][Sb]1[O]c2ccccc2[O]1.[Cl][Sb]1[O]c2ccccc2[O]1. The van der Waals surface area contributed by atoms with Crippen LogP contribution in [-0.4, -0.2) is 116 Å². The van der Waals surface area contributed by atoms with Crippen LogP contribution in [0.4, 0.5) is 17.1 Å². The van der Waals surface area contributed by atoms with Crippen LogP contribution >= 0.6 is 56.6 Å². The van der Waals surface area contributed by atoms with Gasteiger partial charge in [-0.25, -0.2) is 0 Å². The number of pyridine rings is 1. The first kappa shape index (κ1) is 72.8. The van der Waals surface area contributed by atoms with E-state index in [-0.39, 0.29) is 47.8 Å². The third kappa shape index (κ3) is 18.3. The van der Waals surface area contributed by atoms with Crippen molar-refractivity contribution < 1.29 is 45.6 Å². The van der Waals surface area contributed by atoms with Crippen LogP contribution in [0.5, 0.6) is 57.5 Å². The number of aromatic nitrogens is 1. The number of allylic oxidation sites excluding steroid dienone is 1. The summed E-state index contributed by atoms with van der Waals surface area (Å²) in [6, 6.07) is 62.7. The van der Waals surface area contributed by atoms with Crippen LogP contribution in [0.25, 0.3) is 32.9 Å². The Morgan fingerprint density at radius 1 is 0.527 bits per heavy atom. The average Bonchev–Trinajstić information content (AvgIpc) is 1.54. The Kier molecular flexibility index (Phi) is 26.7. The number of hydrogen-bond acceptors (Lipinski definition) is 15. The number of hydrogen-bond donors (Lipinski definition) is 8. The van der Waals surface area contributed by atoms with Crippen molar-refractivity contribution >= 4 is 179 Å². The number of nitrogens with two attached hydrogens (primary N) is 4. The van der Waals surface area contributed by atoms with Gasteiger partial charge in [0.1, 0.15) is 12.3 Å². The Morgan fingerprint density at radius 2 is 0.978 bits per heavy atom. The molecule has 0 fully saturated rings. The van der Waals surface area contributed by atoms with Gasteiger partial charge in [0.15, 0.2) is 11.5 Å². The van der Waals surface area contributed by atoms with Crippen molar-refractivity contribution in [2.75, 3.05) is 23.7 Å². The van der Waals surface area contributed by atoms with Crippen molar-refractivity contribution in [1.29, 1.82) is 0 Å². The normalized spacial score (nSPS) is 15.1. The van der Waals surface area contributed by atoms with Gasteiger partial charge in [-0.15, -0.1) is 12.4 Å². The molecule has 9 aromatic carbocycles. The van der Waals surface area contributed by atoms with Crippen LogP contribution in [0.15, 0.2) is 224 Å². The molecule has 0 bridgehead atoms. The van der Waals surface area contributed by atoms with Gasteiger partial charge in [0, 0.05) is 28.4 Å². The van der Waals surface area contributed by atoms with E-state index in [1.165, 1.54) is 17.7 Å². The number of nitrogens with zero attached hydrogens (tertiary/aromatic N) is 2. The predicted octanol–water partition coefficient (Wildman–Crippen LogP) is 14.4. The standard InChI is InChI=1S/C21H21N3O.C21H19N3O.4C6H6O2.6ClH.H3N.4Sb/c2*1-2-24-20-12-15(23)6-10-18(20)17-9-5-14(22)11-19(17)21(24)13-3-7-16(25)8-4-13;4*7-5-3-1-2-4-6(5)8;;;;;;;;;;;/h3-12,18,20H,2,22-23H2,1H3;3-12H,2,22H2,1H3,(H2,23,25);4*1-4,7-8H;6*1H;1H3;;;;/q;;;;;;;;;;;;;4*+3/p-10. The Hall–Kier alpha value is -6.03. The molecule has 4 aliphatic heterocycles. The number of nitrogen functional groups attached to an aromatic ring is 3. The van der Waals surface area contributed by atoms with E-state index in [1.807, 2.05) is 133 Å². The van der Waals surface area contributed by atoms with Crippen LogP contribution in [0.3, 0.4) is 0 Å². The third-order valence-corrected chi connectivity index (χ3v) is 23.0. The Bertz CT molecular complexity index is 4190. The predicted molar refractivity (Wildman–Crippen MR) is 381 cm³/mol. The van der Waals surface area contributed by atoms with Gasteiger partial charge < -0.3 is 32.9 Å². The molecule has 15 rings (SSSR count). The minimum atomic E-state index is -2.80. The molecular weight excluding hydrogens is 1750 g/mol. The molecule has 14 N–H and O–H groups in total. The molecule has 5 aliphatic rings. The van der Waals surface area contributed by atoms with E-state index < -0.39 is 78.1 Å². The molecule has 0 radical (unpaired) electrons. The van der Waals surface area contributed by atoms with E-state index in [2.05, 4.69) is 71.5 Å². The van der Waals surface area contributed by atoms with Crippen LogP contribution in [0.2, 0.25) is 0 Å². The van der Waals surface area contributed by atoms with Gasteiger partial charge >= 0.3 is 392 Å². The molecule has 27 heteroatoms. The maximum atomic E-state index is 9.65. The summed E-state index contributed by atoms with van der Waals surface area (Å²) in [5.74, 6) is 5.77. The molecule has 10 aromatic rings. The fourth-order valence-electron chi connectivity index (χ4n) is 10.4. The first-order valence-electron chi connectivity index (χ1n) is 28.0. The van der Waals surface area contributed by atoms with Gasteiger partial charge in [0.25, 0.3) is 0 Å². The summed E-state index contributed by atoms with van der Waals surface area (Å²) in [4.78, 5) is 0. The Morgan fingerprint density at radius 3 is 1.47 bits per heavy atom. The van der Waals surface area contributed by atoms with Crippen LogP contribution in [0, 0.1) is 0 Å². The summed E-state index contributed by atoms with van der Waals surface area (Å²) >= 11 is -9.34. The van der Waals surface area contributed by atoms with Gasteiger partial charge in [-0.1, -0.05) is 18.2 Å². The minimum absolute atomic E-state index is 0. The summed E-state index contributed by atoms with van der Waals surface area (Å²) in [7, 11) is 26.4. The molecule has 17 nitrogen and oxygen atoms in total. The molecule has 0 spiro atoms. The zero-order valence-corrected chi connectivity index (χ0v) is 64.4. The number of benzene rings is 9. The summed E-state index contributed by atoms with van der Waals surface area (Å²) in [5.41, 5.74) is 35.4. The number of para-hydroxylation sites is 8. The van der Waals surface area contributed by atoms with E-state index in [9.17, 15) is 5.11 Å². The van der Waals surface area contributed by atoms with Crippen molar-refractivity contribution in [3.63, 3.8) is 0 Å². The van der Waals surface area contributed by atoms with Gasteiger partial charge in [-0.05, 0) is 67.6 Å². The molecule has 0 saturated heterocycles. The van der Waals surface area contributed by atoms with Crippen molar-refractivity contribution in [2.45, 2.75) is 32.4 Å². The number of phenolic OH excluding ortho intramolecular Hbond substituents is 3. The topological polar surface area (TPSA) is 271 Å². The zero-order valence-electron chi connectivity index (χ0n) is 49.6. The monoisotopic (exact) mass is 1810 g/mol. The third-order valence-electron chi connectivity index (χ3n) is 14.3. The quantitative estimate of drug-likeness (QED) is 0.0253. The Labute approximate surface area is 595 Å². The second-order valence-corrected chi connectivity index (χ2v) is 42.5. The van der Waals surface area contributed by atoms with Crippen molar-refractivity contribution in [3.8, 4) is 68.8 Å². The molecule has 0 amide bonds. The summed E-state index contributed by atoms with van der Waals surface area (Å²) < 4.78 is 43.5. The molecular formula is C66H63Cl6N7O10Sb4+2. The number of rotatable bonds is 6. The number of phenols is 3. The molecule has 482 valence electrons. The van der Waals surface area contributed by atoms with Crippen molar-refractivity contribution in [2.24, 2.45) is 5.73 Å². The average molecular weight is 1810 g/mol. The molecule has 2 atom stereocenters. The number of aryl methyl sites for hydroxylation is 1. The number of halogens is 6. The zero-order chi connectivity index (χ0) is 64.3. The fourth-order valence-corrected chi connectivity index (χ4v) is 19.1. The summed E-state index contributed by atoms with van der Waals surface area (Å²) in [5, 5.41) is 30.4. The van der Waals surface area contributed by atoms with Crippen LogP contribution < -0.4 is 54.8 Å². The molecule has 1 aromatic heterocycles. The summed E-state index contributed by atoms with van der Waals surface area (Å²) in [6.45, 7) is 5.93. The van der Waals surface area contributed by atoms with Crippen molar-refractivity contribution in [3.05, 3.63) is 241 Å². The van der Waals surface area contributed by atoms with Crippen molar-refractivity contribution in [1.82, 2.24) is 6.15 Å². The molecule has 93 heavy (non-hydrogen) atoms. The van der Waals surface area contributed by atoms with Crippen LogP contribution in [-0.2, 0) is 6.54 Å². The summed E-state index contributed by atoms with van der Waals surface area (Å²) in [6.07, 6.45) is 6.37. The van der Waals surface area contributed by atoms with Crippen LogP contribution in [0.1, 0.15) is 36.5 Å². The molecule has 2 unspecified atom stereocenters. The van der Waals surface area contributed by atoms with Gasteiger partial charge in [0.2, 0.25) is 11.2 Å². The Balaban J connectivity index is 0.000000163. The number of aromatic hydroxyl groups is 3. The second-order valence-electron chi connectivity index (χ2n) is 20.1. The van der Waals surface area contributed by atoms with E-state index in [4.69, 9.17) is 98.4 Å². The van der Waals surface area contributed by atoms with E-state index >= 15 is 0 Å². The van der Waals surface area contributed by atoms with E-state index in [0.29, 0.717) is 0 Å². The number of anilines is 3. The van der Waals surface area contributed by atoms with E-state index in [1.54, 1.807) is 24.3 Å². The van der Waals surface area contributed by atoms with Gasteiger partial charge in [-0.2, -0.15) is 4.57 Å². The maximum absolute atomic E-state index is 9.65. The second kappa shape index (κ2) is 34.1. The fraction of sp³-hybridized carbons (Fsp3) is 0.0909. The first-order chi connectivity index (χ1) is 43.9. The molecule has 0 saturated carbocycles. The number of fused-ring (bicyclic) bond motifs is 9. The van der Waals surface area contributed by atoms with Gasteiger partial charge in [-0.3, -0.25) is 0 Å². The number of likely N-dealkylation sites (N-methyl/N-ethyl adjacent to an activating group) is 1. The first-order valence-corrected chi connectivity index (χ1v) is 51.4. The molecule has 1 aliphatic carbocycles. The van der Waals surface area contributed by atoms with E-state index in [0.717, 1.165) is 126 Å².